The van der Waals surface area contributed by atoms with Crippen molar-refractivity contribution in [3.8, 4) is 0 Å². The van der Waals surface area contributed by atoms with Gasteiger partial charge in [0.25, 0.3) is 0 Å². The average molecular weight is 513 g/mol. The van der Waals surface area contributed by atoms with Crippen LogP contribution >= 0.6 is 23.5 Å². The van der Waals surface area contributed by atoms with E-state index in [1.54, 1.807) is 13.8 Å². The highest BCUT2D eigenvalue weighted by Crippen LogP contribution is 2.66. The number of nitrogens with two attached hydrogens (primary N) is 1. The zero-order valence-corrected chi connectivity index (χ0v) is 19.0. The molecule has 0 saturated carbocycles. The minimum Gasteiger partial charge on any atom is -0.383 e. The molecular weight excluding hydrogens is 490 g/mol. The molecule has 0 spiro atoms. The quantitative estimate of drug-likeness (QED) is 0.234. The lowest BCUT2D eigenvalue weighted by molar-refractivity contribution is -0.199. The Morgan fingerprint density at radius 1 is 1.23 bits per heavy atom. The van der Waals surface area contributed by atoms with Gasteiger partial charge in [0.05, 0.1) is 0 Å². The van der Waals surface area contributed by atoms with Crippen LogP contribution in [0.2, 0.25) is 0 Å². The number of ether oxygens (including phenoxy) is 1. The Hall–Kier alpha value is -1.02. The molecule has 4 atom stereocenters. The molecule has 180 valence electrons. The van der Waals surface area contributed by atoms with E-state index in [-0.39, 0.29) is 11.7 Å². The maximum atomic E-state index is 15.3. The van der Waals surface area contributed by atoms with Gasteiger partial charge in [-0.1, -0.05) is 20.3 Å². The number of phosphoric acid groups is 3. The summed E-state index contributed by atoms with van der Waals surface area (Å²) in [5.74, 6) is -3.21. The second-order valence-corrected chi connectivity index (χ2v) is 10.8. The number of hydrogen-bond donors (Lipinski definition) is 5. The van der Waals surface area contributed by atoms with Gasteiger partial charge in [-0.25, -0.2) is 22.9 Å². The minimum atomic E-state index is -5.76. The van der Waals surface area contributed by atoms with Gasteiger partial charge in [0.15, 0.2) is 0 Å². The number of rotatable bonds is 13. The third-order valence-electron chi connectivity index (χ3n) is 3.57. The van der Waals surface area contributed by atoms with Crippen molar-refractivity contribution in [3.63, 3.8) is 0 Å². The summed E-state index contributed by atoms with van der Waals surface area (Å²) >= 11 is 0. The molecule has 0 amide bonds. The Labute approximate surface area is 175 Å². The second-order valence-electron chi connectivity index (χ2n) is 6.34. The fraction of sp³-hybridized carbons (Fsp3) is 0.667. The largest absolute Gasteiger partial charge is 0.490 e. The van der Waals surface area contributed by atoms with Crippen molar-refractivity contribution in [1.82, 2.24) is 9.55 Å². The fourth-order valence-corrected chi connectivity index (χ4v) is 5.08. The van der Waals surface area contributed by atoms with Gasteiger partial charge in [-0.15, -0.1) is 0 Å². The van der Waals surface area contributed by atoms with Crippen molar-refractivity contribution in [2.24, 2.45) is 5.92 Å². The third kappa shape index (κ3) is 10.9. The molecule has 4 unspecified atom stereocenters. The lowest BCUT2D eigenvalue weighted by atomic mass is 10.00. The van der Waals surface area contributed by atoms with Gasteiger partial charge >= 0.3 is 29.2 Å². The number of phosphoric ester groups is 1. The van der Waals surface area contributed by atoms with Crippen LogP contribution in [0, 0.1) is 5.92 Å². The topological polar surface area (TPSA) is 230 Å². The van der Waals surface area contributed by atoms with E-state index in [1.165, 1.54) is 6.07 Å². The number of aromatic nitrogens is 2. The van der Waals surface area contributed by atoms with Crippen LogP contribution in [0.4, 0.5) is 10.2 Å². The van der Waals surface area contributed by atoms with Gasteiger partial charge in [0.2, 0.25) is 5.85 Å². The highest BCUT2D eigenvalue weighted by molar-refractivity contribution is 7.66. The molecule has 19 heteroatoms. The van der Waals surface area contributed by atoms with Crippen molar-refractivity contribution < 1.29 is 55.5 Å². The van der Waals surface area contributed by atoms with Gasteiger partial charge in [-0.2, -0.15) is 13.6 Å². The van der Waals surface area contributed by atoms with Crippen LogP contribution in [0.1, 0.15) is 26.7 Å². The highest BCUT2D eigenvalue weighted by atomic mass is 31.3. The SMILES string of the molecule is CCC(C)CC(F)(COP(=O)(O)OP(=O)(O)OP(=O)(O)O)OCn1ccc(N)nc1=O. The van der Waals surface area contributed by atoms with E-state index < -0.39 is 54.8 Å². The summed E-state index contributed by atoms with van der Waals surface area (Å²) in [6, 6.07) is 1.24. The molecule has 0 fully saturated rings. The average Bonchev–Trinajstić information content (AvgIpc) is 2.56. The monoisotopic (exact) mass is 513 g/mol. The molecule has 0 bridgehead atoms. The lowest BCUT2D eigenvalue weighted by Crippen LogP contribution is -2.37. The molecule has 0 aromatic carbocycles. The van der Waals surface area contributed by atoms with Crippen LogP contribution in [-0.2, 0) is 38.3 Å². The summed E-state index contributed by atoms with van der Waals surface area (Å²) in [6.07, 6.45) is 1.24. The van der Waals surface area contributed by atoms with Crippen LogP contribution in [-0.4, -0.2) is 41.6 Å². The third-order valence-corrected chi connectivity index (χ3v) is 7.35. The first-order valence-corrected chi connectivity index (χ1v) is 12.9. The Bertz CT molecular complexity index is 954. The lowest BCUT2D eigenvalue weighted by Gasteiger charge is -2.28. The highest BCUT2D eigenvalue weighted by Gasteiger charge is 2.43. The van der Waals surface area contributed by atoms with Crippen molar-refractivity contribution in [2.45, 2.75) is 39.3 Å². The molecule has 31 heavy (non-hydrogen) atoms. The normalized spacial score (nSPS) is 19.2. The number of alkyl halides is 1. The number of nitrogen functional groups attached to an aromatic ring is 1. The predicted molar refractivity (Wildman–Crippen MR) is 102 cm³/mol. The van der Waals surface area contributed by atoms with Gasteiger partial charge in [-0.3, -0.25) is 9.09 Å². The maximum Gasteiger partial charge on any atom is 0.490 e. The zero-order valence-electron chi connectivity index (χ0n) is 16.3. The van der Waals surface area contributed by atoms with Gasteiger partial charge in [0.1, 0.15) is 19.2 Å². The van der Waals surface area contributed by atoms with Gasteiger partial charge in [-0.05, 0) is 12.0 Å². The van der Waals surface area contributed by atoms with E-state index in [0.29, 0.717) is 6.42 Å². The first kappa shape index (κ1) is 28.0. The molecule has 0 aliphatic carbocycles. The van der Waals surface area contributed by atoms with Crippen molar-refractivity contribution in [2.75, 3.05) is 12.3 Å². The zero-order chi connectivity index (χ0) is 24.1. The summed E-state index contributed by atoms with van der Waals surface area (Å²) in [7, 11) is -16.9. The molecule has 0 saturated heterocycles. The molecule has 1 heterocycles. The molecule has 6 N–H and O–H groups in total. The molecule has 15 nitrogen and oxygen atoms in total. The number of hydrogen-bond acceptors (Lipinski definition) is 10. The van der Waals surface area contributed by atoms with E-state index in [0.717, 1.165) is 10.8 Å². The van der Waals surface area contributed by atoms with E-state index in [1.807, 2.05) is 0 Å². The molecule has 1 aromatic heterocycles. The van der Waals surface area contributed by atoms with Crippen LogP contribution in [0.5, 0.6) is 0 Å². The summed E-state index contributed by atoms with van der Waals surface area (Å²) in [4.78, 5) is 50.8. The fourth-order valence-electron chi connectivity index (χ4n) is 2.03. The second kappa shape index (κ2) is 10.7. The minimum absolute atomic E-state index is 0.0833. The maximum absolute atomic E-state index is 15.3. The summed E-state index contributed by atoms with van der Waals surface area (Å²) in [5, 5.41) is 0. The summed E-state index contributed by atoms with van der Waals surface area (Å²) in [5.41, 5.74) is 4.48. The predicted octanol–water partition coefficient (Wildman–Crippen LogP) is 1.24. The van der Waals surface area contributed by atoms with Crippen LogP contribution in [0.3, 0.4) is 0 Å². The van der Waals surface area contributed by atoms with E-state index in [9.17, 15) is 23.4 Å². The number of nitrogens with zero attached hydrogens (tertiary/aromatic N) is 2. The molecule has 0 aliphatic rings. The summed E-state index contributed by atoms with van der Waals surface area (Å²) in [6.45, 7) is 1.33. The van der Waals surface area contributed by atoms with Gasteiger partial charge in [0, 0.05) is 12.6 Å². The first-order valence-electron chi connectivity index (χ1n) is 8.40. The van der Waals surface area contributed by atoms with E-state index in [2.05, 4.69) is 18.1 Å². The molecule has 0 radical (unpaired) electrons. The smallest absolute Gasteiger partial charge is 0.383 e. The Morgan fingerprint density at radius 3 is 2.35 bits per heavy atom. The molecular formula is C12H23FN3O12P3. The van der Waals surface area contributed by atoms with Crippen molar-refractivity contribution in [3.05, 3.63) is 22.7 Å². The molecule has 0 aliphatic heterocycles. The Kier molecular flexibility index (Phi) is 9.70. The van der Waals surface area contributed by atoms with Crippen LogP contribution in [0.25, 0.3) is 0 Å². The van der Waals surface area contributed by atoms with Gasteiger partial charge < -0.3 is 30.0 Å². The molecule has 1 aromatic rings. The molecule has 1 rings (SSSR count). The Morgan fingerprint density at radius 2 is 1.84 bits per heavy atom. The number of anilines is 1. The van der Waals surface area contributed by atoms with Crippen LogP contribution < -0.4 is 11.4 Å². The van der Waals surface area contributed by atoms with Crippen molar-refractivity contribution >= 4 is 29.3 Å². The van der Waals surface area contributed by atoms with E-state index in [4.69, 9.17) is 25.2 Å². The first-order chi connectivity index (χ1) is 14.0. The van der Waals surface area contributed by atoms with E-state index >= 15 is 4.39 Å². The standard InChI is InChI=1S/C12H23FN3O12P3/c1-3-9(2)6-12(13,25-8-16-5-4-10(14)15-11(16)17)7-26-30(21,22)28-31(23,24)27-29(18,19)20/h4-5,9H,3,6-8H2,1-2H3,(H,21,22)(H,23,24)(H2,14,15,17)(H2,18,19,20). The van der Waals surface area contributed by atoms with Crippen LogP contribution in [0.15, 0.2) is 17.1 Å². The summed E-state index contributed by atoms with van der Waals surface area (Å²) < 4.78 is 66.4. The Balaban J connectivity index is 2.92. The van der Waals surface area contributed by atoms with Crippen molar-refractivity contribution in [1.29, 1.82) is 0 Å². The number of halogens is 1.